The van der Waals surface area contributed by atoms with Crippen LogP contribution in [0, 0.1) is 28.9 Å². The van der Waals surface area contributed by atoms with Crippen molar-refractivity contribution in [3.05, 3.63) is 75.3 Å². The van der Waals surface area contributed by atoms with Crippen molar-refractivity contribution in [3.63, 3.8) is 0 Å². The van der Waals surface area contributed by atoms with Crippen LogP contribution < -0.4 is 10.1 Å². The van der Waals surface area contributed by atoms with Crippen LogP contribution in [0.25, 0.3) is 10.3 Å². The van der Waals surface area contributed by atoms with E-state index in [-0.39, 0.29) is 46.0 Å². The molecular weight excluding hydrogens is 546 g/mol. The fraction of sp³-hybridized carbons (Fsp3) is 0.250. The summed E-state index contributed by atoms with van der Waals surface area (Å²) in [6, 6.07) is 11.8. The van der Waals surface area contributed by atoms with E-state index in [4.69, 9.17) is 16.3 Å². The lowest BCUT2D eigenvalue weighted by Gasteiger charge is -2.14. The largest absolute Gasteiger partial charge is 0.436 e. The summed E-state index contributed by atoms with van der Waals surface area (Å²) in [5.41, 5.74) is 0.165. The van der Waals surface area contributed by atoms with Crippen LogP contribution >= 0.6 is 22.9 Å². The SMILES string of the molecule is N#CC1(c2cccc(C(=O)Nc3cc(Oc4ccc5nc(CC(=O)C6CC6)sc5n4)c(F)cc3F)c2Cl)CC1. The van der Waals surface area contributed by atoms with Crippen LogP contribution in [0.4, 0.5) is 14.5 Å². The van der Waals surface area contributed by atoms with Crippen molar-refractivity contribution >= 4 is 50.7 Å². The number of nitrogens with one attached hydrogen (secondary N) is 1. The molecule has 2 fully saturated rings. The van der Waals surface area contributed by atoms with Crippen LogP contribution in [0.2, 0.25) is 5.02 Å². The number of amides is 1. The van der Waals surface area contributed by atoms with Gasteiger partial charge in [0.05, 0.1) is 34.2 Å². The molecule has 0 spiro atoms. The van der Waals surface area contributed by atoms with Gasteiger partial charge in [0.2, 0.25) is 5.88 Å². The molecule has 2 saturated carbocycles. The zero-order valence-electron chi connectivity index (χ0n) is 20.3. The minimum absolute atomic E-state index is 0.0379. The van der Waals surface area contributed by atoms with Gasteiger partial charge in [-0.3, -0.25) is 9.59 Å². The van der Waals surface area contributed by atoms with Crippen molar-refractivity contribution in [3.8, 4) is 17.7 Å². The first kappa shape index (κ1) is 25.3. The number of carbonyl (C=O) groups excluding carboxylic acids is 2. The number of benzene rings is 2. The number of aromatic nitrogens is 2. The van der Waals surface area contributed by atoms with Gasteiger partial charge in [-0.15, -0.1) is 0 Å². The average Bonchev–Trinajstić information content (AvgIpc) is 3.84. The van der Waals surface area contributed by atoms with E-state index in [1.165, 1.54) is 23.5 Å². The number of ketones is 1. The Balaban J connectivity index is 1.22. The van der Waals surface area contributed by atoms with Gasteiger partial charge in [-0.25, -0.2) is 18.7 Å². The monoisotopic (exact) mass is 564 g/mol. The highest BCUT2D eigenvalue weighted by Gasteiger charge is 2.46. The van der Waals surface area contributed by atoms with Crippen LogP contribution in [0.5, 0.6) is 11.6 Å². The summed E-state index contributed by atoms with van der Waals surface area (Å²) in [5, 5.41) is 12.7. The third kappa shape index (κ3) is 4.95. The Bertz CT molecular complexity index is 1710. The molecule has 6 rings (SSSR count). The summed E-state index contributed by atoms with van der Waals surface area (Å²) in [5.74, 6) is -2.73. The molecule has 7 nitrogen and oxygen atoms in total. The number of nitrogens with zero attached hydrogens (tertiary/aromatic N) is 3. The van der Waals surface area contributed by atoms with Crippen LogP contribution in [0.3, 0.4) is 0 Å². The Hall–Kier alpha value is -3.94. The van der Waals surface area contributed by atoms with E-state index in [1.807, 2.05) is 0 Å². The molecule has 11 heteroatoms. The van der Waals surface area contributed by atoms with E-state index < -0.39 is 23.0 Å². The molecular formula is C28H19ClF2N4O3S. The minimum atomic E-state index is -1.01. The Kier molecular flexibility index (Phi) is 6.28. The van der Waals surface area contributed by atoms with E-state index in [0.29, 0.717) is 39.8 Å². The average molecular weight is 565 g/mol. The first-order valence-electron chi connectivity index (χ1n) is 12.2. The molecule has 2 heterocycles. The van der Waals surface area contributed by atoms with E-state index in [1.54, 1.807) is 18.2 Å². The van der Waals surface area contributed by atoms with Crippen LogP contribution in [0.1, 0.15) is 46.6 Å². The summed E-state index contributed by atoms with van der Waals surface area (Å²) in [6.45, 7) is 0. The van der Waals surface area contributed by atoms with E-state index in [2.05, 4.69) is 21.4 Å². The second-order valence-electron chi connectivity index (χ2n) is 9.68. The maximum atomic E-state index is 14.6. The topological polar surface area (TPSA) is 105 Å². The molecule has 2 aliphatic carbocycles. The fourth-order valence-corrected chi connectivity index (χ4v) is 5.65. The van der Waals surface area contributed by atoms with E-state index in [9.17, 15) is 23.6 Å². The lowest BCUT2D eigenvalue weighted by molar-refractivity contribution is -0.119. The third-order valence-corrected chi connectivity index (χ3v) is 8.21. The maximum absolute atomic E-state index is 14.6. The minimum Gasteiger partial charge on any atom is -0.436 e. The maximum Gasteiger partial charge on any atom is 0.257 e. The van der Waals surface area contributed by atoms with Gasteiger partial charge in [-0.1, -0.05) is 35.1 Å². The molecule has 0 aliphatic heterocycles. The van der Waals surface area contributed by atoms with Gasteiger partial charge in [0.1, 0.15) is 27.0 Å². The van der Waals surface area contributed by atoms with Crippen LogP contribution in [-0.4, -0.2) is 21.7 Å². The van der Waals surface area contributed by atoms with Crippen LogP contribution in [-0.2, 0) is 16.6 Å². The number of carbonyl (C=O) groups is 2. The molecule has 196 valence electrons. The van der Waals surface area contributed by atoms with Gasteiger partial charge in [0.25, 0.3) is 5.91 Å². The number of hydrogen-bond acceptors (Lipinski definition) is 7. The predicted octanol–water partition coefficient (Wildman–Crippen LogP) is 6.74. The zero-order valence-corrected chi connectivity index (χ0v) is 21.8. The lowest BCUT2D eigenvalue weighted by atomic mass is 9.95. The summed E-state index contributed by atoms with van der Waals surface area (Å²) in [6.07, 6.45) is 3.38. The number of halogens is 3. The van der Waals surface area contributed by atoms with Gasteiger partial charge in [-0.2, -0.15) is 5.26 Å². The van der Waals surface area contributed by atoms with E-state index in [0.717, 1.165) is 18.9 Å². The number of pyridine rings is 1. The zero-order chi connectivity index (χ0) is 27.3. The highest BCUT2D eigenvalue weighted by Crippen LogP contribution is 2.50. The van der Waals surface area contributed by atoms with Crippen molar-refractivity contribution < 1.29 is 23.1 Å². The molecule has 1 amide bonds. The number of ether oxygens (including phenoxy) is 1. The third-order valence-electron chi connectivity index (χ3n) is 6.84. The van der Waals surface area contributed by atoms with Crippen molar-refractivity contribution in [2.45, 2.75) is 37.5 Å². The number of thiazole rings is 1. The molecule has 0 radical (unpaired) electrons. The number of nitriles is 1. The lowest BCUT2D eigenvalue weighted by Crippen LogP contribution is -2.16. The van der Waals surface area contributed by atoms with Gasteiger partial charge in [0.15, 0.2) is 11.6 Å². The van der Waals surface area contributed by atoms with Gasteiger partial charge >= 0.3 is 0 Å². The predicted molar refractivity (Wildman–Crippen MR) is 141 cm³/mol. The van der Waals surface area contributed by atoms with Gasteiger partial charge in [-0.05, 0) is 43.4 Å². The second kappa shape index (κ2) is 9.67. The second-order valence-corrected chi connectivity index (χ2v) is 11.1. The van der Waals surface area contributed by atoms with Crippen LogP contribution in [0.15, 0.2) is 42.5 Å². The van der Waals surface area contributed by atoms with Gasteiger partial charge < -0.3 is 10.1 Å². The molecule has 0 atom stereocenters. The molecule has 2 aliphatic rings. The highest BCUT2D eigenvalue weighted by atomic mass is 35.5. The van der Waals surface area contributed by atoms with Crippen molar-refractivity contribution in [2.24, 2.45) is 5.92 Å². The molecule has 0 saturated heterocycles. The summed E-state index contributed by atoms with van der Waals surface area (Å²) in [4.78, 5) is 34.4. The molecule has 0 unspecified atom stereocenters. The normalized spacial score (nSPS) is 15.5. The molecule has 2 aromatic heterocycles. The molecule has 2 aromatic carbocycles. The Morgan fingerprint density at radius 3 is 2.67 bits per heavy atom. The summed E-state index contributed by atoms with van der Waals surface area (Å²) in [7, 11) is 0. The Morgan fingerprint density at radius 2 is 1.95 bits per heavy atom. The highest BCUT2D eigenvalue weighted by molar-refractivity contribution is 7.18. The summed E-state index contributed by atoms with van der Waals surface area (Å²) >= 11 is 7.71. The number of rotatable bonds is 8. The summed E-state index contributed by atoms with van der Waals surface area (Å²) < 4.78 is 34.8. The number of Topliss-reactive ketones (excluding diaryl/α,β-unsaturated/α-hetero) is 1. The Morgan fingerprint density at radius 1 is 1.15 bits per heavy atom. The number of anilines is 1. The number of fused-ring (bicyclic) bond motifs is 1. The van der Waals surface area contributed by atoms with E-state index >= 15 is 0 Å². The quantitative estimate of drug-likeness (QED) is 0.254. The smallest absolute Gasteiger partial charge is 0.257 e. The molecule has 0 bridgehead atoms. The number of hydrogen-bond donors (Lipinski definition) is 1. The first-order valence-corrected chi connectivity index (χ1v) is 13.4. The van der Waals surface area contributed by atoms with Gasteiger partial charge in [0, 0.05) is 24.1 Å². The van der Waals surface area contributed by atoms with Crippen molar-refractivity contribution in [1.82, 2.24) is 9.97 Å². The van der Waals surface area contributed by atoms with Crippen molar-refractivity contribution in [1.29, 1.82) is 5.26 Å². The molecule has 4 aromatic rings. The fourth-order valence-electron chi connectivity index (χ4n) is 4.32. The van der Waals surface area contributed by atoms with Crippen molar-refractivity contribution in [2.75, 3.05) is 5.32 Å². The standard InChI is InChI=1S/C28H19ClF2N4O3S/c29-25-15(2-1-3-16(25)28(13-32)8-9-28)26(37)34-20-11-22(18(31)10-17(20)30)38-23-7-6-19-27(35-23)39-24(33-19)12-21(36)14-4-5-14/h1-3,6-7,10-11,14H,4-5,8-9,12H2,(H,34,37). The molecule has 1 N–H and O–H groups in total. The molecule has 39 heavy (non-hydrogen) atoms. The first-order chi connectivity index (χ1) is 18.8. The Labute approximate surface area is 230 Å².